The molecule has 0 heterocycles. The minimum absolute atomic E-state index is 0.102. The number of aliphatic hydroxyl groups is 1. The molecule has 0 aliphatic heterocycles. The van der Waals surface area contributed by atoms with Gasteiger partial charge >= 0.3 is 39.5 Å². The van der Waals surface area contributed by atoms with Gasteiger partial charge in [-0.3, -0.25) is 37.3 Å². The predicted molar refractivity (Wildman–Crippen MR) is 368 cm³/mol. The van der Waals surface area contributed by atoms with Crippen LogP contribution in [0.2, 0.25) is 0 Å². The highest BCUT2D eigenvalue weighted by Gasteiger charge is 2.30. The first-order valence-electron chi connectivity index (χ1n) is 37.4. The second-order valence-corrected chi connectivity index (χ2v) is 30.1. The summed E-state index contributed by atoms with van der Waals surface area (Å²) in [5, 5.41) is 10.6. The van der Waals surface area contributed by atoms with Gasteiger partial charge < -0.3 is 33.8 Å². The van der Waals surface area contributed by atoms with Crippen LogP contribution in [-0.2, 0) is 65.4 Å². The molecule has 19 heteroatoms. The molecule has 0 aliphatic carbocycles. The van der Waals surface area contributed by atoms with Crippen molar-refractivity contribution in [3.63, 3.8) is 0 Å². The molecule has 6 atom stereocenters. The Morgan fingerprint density at radius 1 is 0.319 bits per heavy atom. The molecule has 0 aromatic rings. The molecular formula is C72H140O17P2. The molecule has 0 rings (SSSR count). The van der Waals surface area contributed by atoms with Gasteiger partial charge in [-0.1, -0.05) is 312 Å². The van der Waals surface area contributed by atoms with Crippen molar-refractivity contribution in [2.45, 2.75) is 381 Å². The summed E-state index contributed by atoms with van der Waals surface area (Å²) in [5.41, 5.74) is 0. The topological polar surface area (TPSA) is 237 Å². The summed E-state index contributed by atoms with van der Waals surface area (Å²) in [4.78, 5) is 72.5. The van der Waals surface area contributed by atoms with Crippen molar-refractivity contribution in [3.05, 3.63) is 0 Å². The highest BCUT2D eigenvalue weighted by atomic mass is 31.2. The fourth-order valence-electron chi connectivity index (χ4n) is 10.9. The lowest BCUT2D eigenvalue weighted by molar-refractivity contribution is -0.161. The van der Waals surface area contributed by atoms with E-state index in [-0.39, 0.29) is 25.7 Å². The molecule has 0 bridgehead atoms. The average molecular weight is 1340 g/mol. The van der Waals surface area contributed by atoms with E-state index in [2.05, 4.69) is 48.5 Å². The second kappa shape index (κ2) is 62.8. The van der Waals surface area contributed by atoms with E-state index in [1.165, 1.54) is 167 Å². The fourth-order valence-corrected chi connectivity index (χ4v) is 12.4. The van der Waals surface area contributed by atoms with Crippen molar-refractivity contribution in [3.8, 4) is 0 Å². The number of carbonyl (C=O) groups is 4. The number of carbonyl (C=O) groups excluding carboxylic acids is 4. The van der Waals surface area contributed by atoms with Gasteiger partial charge in [0, 0.05) is 25.7 Å². The Labute approximate surface area is 556 Å². The van der Waals surface area contributed by atoms with Crippen LogP contribution in [0.5, 0.6) is 0 Å². The van der Waals surface area contributed by atoms with E-state index in [4.69, 9.17) is 37.0 Å². The van der Waals surface area contributed by atoms with Crippen molar-refractivity contribution < 1.29 is 80.2 Å². The van der Waals surface area contributed by atoms with Crippen LogP contribution in [0.25, 0.3) is 0 Å². The number of aliphatic hydroxyl groups excluding tert-OH is 1. The number of esters is 4. The Balaban J connectivity index is 5.21. The van der Waals surface area contributed by atoms with Crippen molar-refractivity contribution in [1.29, 1.82) is 0 Å². The van der Waals surface area contributed by atoms with E-state index < -0.39 is 97.5 Å². The monoisotopic (exact) mass is 1340 g/mol. The quantitative estimate of drug-likeness (QED) is 0.0222. The number of rotatable bonds is 70. The minimum atomic E-state index is -4.95. The summed E-state index contributed by atoms with van der Waals surface area (Å²) in [6, 6.07) is 0. The standard InChI is InChI=1S/C72H140O17P2/c1-8-10-11-12-13-14-15-20-24-27-30-39-46-53-69(74)82-59-67(88-71(76)55-48-41-31-28-25-22-19-17-16-18-21-23-26-29-36-43-50-63(3)4)61-86-90(78,79)84-57-66(73)58-85-91(80,81)87-62-68(60-83-70(75)54-47-40-34-32-37-44-51-64(5)6)89-72(77)56-49-42-35-33-38-45-52-65(7)9-2/h63-68,73H,8-62H2,1-7H3,(H,78,79)(H,80,81)/t65?,66-,67-,68-/m1/s1. The largest absolute Gasteiger partial charge is 0.472 e. The Kier molecular flexibility index (Phi) is 61.5. The van der Waals surface area contributed by atoms with Gasteiger partial charge in [0.15, 0.2) is 12.2 Å². The van der Waals surface area contributed by atoms with Gasteiger partial charge in [-0.15, -0.1) is 0 Å². The molecule has 0 radical (unpaired) electrons. The molecule has 540 valence electrons. The summed E-state index contributed by atoms with van der Waals surface area (Å²) in [5.74, 6) is 0.0811. The lowest BCUT2D eigenvalue weighted by Crippen LogP contribution is -2.30. The highest BCUT2D eigenvalue weighted by molar-refractivity contribution is 7.47. The van der Waals surface area contributed by atoms with Crippen molar-refractivity contribution in [1.82, 2.24) is 0 Å². The van der Waals surface area contributed by atoms with E-state index in [0.717, 1.165) is 108 Å². The Hall–Kier alpha value is -1.94. The SMILES string of the molecule is CCCCCCCCCCCCCCCC(=O)OC[C@H](COP(=O)(O)OC[C@@H](O)COP(=O)(O)OC[C@@H](COC(=O)CCCCCCCCC(C)C)OC(=O)CCCCCCCCC(C)CC)OC(=O)CCCCCCCCCCCCCCCCCCC(C)C. The highest BCUT2D eigenvalue weighted by Crippen LogP contribution is 2.45. The van der Waals surface area contributed by atoms with Crippen molar-refractivity contribution >= 4 is 39.5 Å². The van der Waals surface area contributed by atoms with Gasteiger partial charge in [-0.25, -0.2) is 9.13 Å². The zero-order chi connectivity index (χ0) is 67.3. The molecule has 0 aliphatic rings. The lowest BCUT2D eigenvalue weighted by Gasteiger charge is -2.21. The Bertz CT molecular complexity index is 1790. The first-order valence-corrected chi connectivity index (χ1v) is 40.4. The van der Waals surface area contributed by atoms with Gasteiger partial charge in [0.1, 0.15) is 19.3 Å². The van der Waals surface area contributed by atoms with Crippen LogP contribution >= 0.6 is 15.6 Å². The van der Waals surface area contributed by atoms with Gasteiger partial charge in [0.2, 0.25) is 0 Å². The molecule has 0 spiro atoms. The summed E-state index contributed by atoms with van der Waals surface area (Å²) in [7, 11) is -9.90. The first-order chi connectivity index (χ1) is 43.8. The predicted octanol–water partition coefficient (Wildman–Crippen LogP) is 20.6. The van der Waals surface area contributed by atoms with E-state index >= 15 is 0 Å². The first kappa shape index (κ1) is 89.1. The number of unbranched alkanes of at least 4 members (excludes halogenated alkanes) is 37. The number of phosphoric ester groups is 2. The van der Waals surface area contributed by atoms with Gasteiger partial charge in [-0.2, -0.15) is 0 Å². The molecule has 0 saturated heterocycles. The summed E-state index contributed by atoms with van der Waals surface area (Å²) >= 11 is 0. The molecule has 3 N–H and O–H groups in total. The third kappa shape index (κ3) is 65.1. The van der Waals surface area contributed by atoms with E-state index in [9.17, 15) is 43.2 Å². The minimum Gasteiger partial charge on any atom is -0.462 e. The number of hydrogen-bond donors (Lipinski definition) is 3. The van der Waals surface area contributed by atoms with Gasteiger partial charge in [-0.05, 0) is 43.4 Å². The zero-order valence-corrected chi connectivity index (χ0v) is 61.1. The summed E-state index contributed by atoms with van der Waals surface area (Å²) < 4.78 is 68.3. The van der Waals surface area contributed by atoms with Crippen molar-refractivity contribution in [2.24, 2.45) is 17.8 Å². The van der Waals surface area contributed by atoms with Crippen LogP contribution < -0.4 is 0 Å². The van der Waals surface area contributed by atoms with Gasteiger partial charge in [0.05, 0.1) is 26.4 Å². The number of hydrogen-bond acceptors (Lipinski definition) is 15. The molecule has 0 amide bonds. The van der Waals surface area contributed by atoms with Crippen LogP contribution in [0.1, 0.15) is 363 Å². The summed E-state index contributed by atoms with van der Waals surface area (Å²) in [6.45, 7) is 11.8. The molecule has 3 unspecified atom stereocenters. The van der Waals surface area contributed by atoms with Gasteiger partial charge in [0.25, 0.3) is 0 Å². The third-order valence-electron chi connectivity index (χ3n) is 17.0. The molecule has 17 nitrogen and oxygen atoms in total. The maximum Gasteiger partial charge on any atom is 0.472 e. The number of ether oxygens (including phenoxy) is 4. The third-order valence-corrected chi connectivity index (χ3v) is 18.9. The zero-order valence-electron chi connectivity index (χ0n) is 59.3. The van der Waals surface area contributed by atoms with Crippen LogP contribution in [0.4, 0.5) is 0 Å². The summed E-state index contributed by atoms with van der Waals surface area (Å²) in [6.07, 6.45) is 47.4. The smallest absolute Gasteiger partial charge is 0.462 e. The van der Waals surface area contributed by atoms with E-state index in [1.54, 1.807) is 0 Å². The average Bonchev–Trinajstić information content (AvgIpc) is 2.98. The Morgan fingerprint density at radius 2 is 0.560 bits per heavy atom. The molecule has 0 aromatic heterocycles. The molecule has 0 saturated carbocycles. The fraction of sp³-hybridized carbons (Fsp3) is 0.944. The van der Waals surface area contributed by atoms with E-state index in [1.807, 2.05) is 0 Å². The lowest BCUT2D eigenvalue weighted by atomic mass is 10.00. The number of phosphoric acid groups is 2. The maximum absolute atomic E-state index is 13.0. The molecular weight excluding hydrogens is 1200 g/mol. The van der Waals surface area contributed by atoms with Crippen LogP contribution in [-0.4, -0.2) is 96.7 Å². The second-order valence-electron chi connectivity index (χ2n) is 27.2. The molecule has 0 aromatic carbocycles. The normalized spacial score (nSPS) is 14.5. The Morgan fingerprint density at radius 3 is 0.835 bits per heavy atom. The van der Waals surface area contributed by atoms with Crippen LogP contribution in [0.3, 0.4) is 0 Å². The molecule has 0 fully saturated rings. The van der Waals surface area contributed by atoms with Crippen LogP contribution in [0, 0.1) is 17.8 Å². The van der Waals surface area contributed by atoms with Crippen molar-refractivity contribution in [2.75, 3.05) is 39.6 Å². The van der Waals surface area contributed by atoms with E-state index in [0.29, 0.717) is 31.6 Å². The molecule has 91 heavy (non-hydrogen) atoms. The van der Waals surface area contributed by atoms with Crippen LogP contribution in [0.15, 0.2) is 0 Å². The maximum atomic E-state index is 13.0.